The number of benzene rings is 1. The fourth-order valence-electron chi connectivity index (χ4n) is 1.75. The molecular formula is C11H10BrN3O4. The quantitative estimate of drug-likeness (QED) is 0.498. The maximum atomic E-state index is 11.6. The van der Waals surface area contributed by atoms with Gasteiger partial charge in [-0.15, -0.1) is 0 Å². The molecule has 1 aliphatic heterocycles. The molecule has 0 spiro atoms. The van der Waals surface area contributed by atoms with Crippen molar-refractivity contribution in [1.82, 2.24) is 5.32 Å². The highest BCUT2D eigenvalue weighted by atomic mass is 79.9. The summed E-state index contributed by atoms with van der Waals surface area (Å²) in [7, 11) is 0. The maximum Gasteiger partial charge on any atom is 0.270 e. The van der Waals surface area contributed by atoms with E-state index in [9.17, 15) is 19.7 Å². The van der Waals surface area contributed by atoms with Gasteiger partial charge in [0.1, 0.15) is 6.04 Å². The van der Waals surface area contributed by atoms with E-state index >= 15 is 0 Å². The van der Waals surface area contributed by atoms with Gasteiger partial charge in [-0.3, -0.25) is 25.0 Å². The van der Waals surface area contributed by atoms with Crippen LogP contribution in [-0.4, -0.2) is 22.8 Å². The number of piperidine rings is 1. The molecule has 100 valence electrons. The molecule has 2 rings (SSSR count). The standard InChI is InChI=1S/C11H10BrN3O4/c12-7-5-6(15(18)19)1-2-8(7)13-9-3-4-10(16)14-11(9)17/h1-2,5,9,13H,3-4H2,(H,14,16,17). The molecule has 0 saturated carbocycles. The summed E-state index contributed by atoms with van der Waals surface area (Å²) in [5.41, 5.74) is 0.529. The fourth-order valence-corrected chi connectivity index (χ4v) is 2.23. The molecule has 7 nitrogen and oxygen atoms in total. The number of nitro benzene ring substituents is 1. The lowest BCUT2D eigenvalue weighted by Gasteiger charge is -2.23. The Balaban J connectivity index is 2.13. The van der Waals surface area contributed by atoms with Crippen molar-refractivity contribution in [2.45, 2.75) is 18.9 Å². The van der Waals surface area contributed by atoms with Gasteiger partial charge in [-0.2, -0.15) is 0 Å². The van der Waals surface area contributed by atoms with E-state index in [1.807, 2.05) is 0 Å². The third kappa shape index (κ3) is 3.08. The smallest absolute Gasteiger partial charge is 0.270 e. The van der Waals surface area contributed by atoms with Crippen LogP contribution >= 0.6 is 15.9 Å². The highest BCUT2D eigenvalue weighted by Crippen LogP contribution is 2.28. The van der Waals surface area contributed by atoms with Crippen molar-refractivity contribution in [3.8, 4) is 0 Å². The number of rotatable bonds is 3. The number of imide groups is 1. The third-order valence-electron chi connectivity index (χ3n) is 2.73. The second-order valence-corrected chi connectivity index (χ2v) is 4.92. The van der Waals surface area contributed by atoms with E-state index in [-0.39, 0.29) is 23.9 Å². The number of anilines is 1. The van der Waals surface area contributed by atoms with E-state index in [0.29, 0.717) is 16.6 Å². The summed E-state index contributed by atoms with van der Waals surface area (Å²) >= 11 is 3.21. The highest BCUT2D eigenvalue weighted by molar-refractivity contribution is 9.10. The van der Waals surface area contributed by atoms with Gasteiger partial charge < -0.3 is 5.32 Å². The van der Waals surface area contributed by atoms with Gasteiger partial charge in [-0.05, 0) is 28.4 Å². The molecule has 1 heterocycles. The molecule has 1 aromatic rings. The van der Waals surface area contributed by atoms with E-state index < -0.39 is 11.0 Å². The summed E-state index contributed by atoms with van der Waals surface area (Å²) in [4.78, 5) is 32.7. The summed E-state index contributed by atoms with van der Waals surface area (Å²) in [6.45, 7) is 0. The van der Waals surface area contributed by atoms with Gasteiger partial charge in [-0.1, -0.05) is 0 Å². The van der Waals surface area contributed by atoms with Crippen molar-refractivity contribution >= 4 is 39.1 Å². The molecule has 1 saturated heterocycles. The molecule has 1 aromatic carbocycles. The number of carbonyl (C=O) groups is 2. The average Bonchev–Trinajstić information content (AvgIpc) is 2.34. The van der Waals surface area contributed by atoms with Crippen molar-refractivity contribution in [3.63, 3.8) is 0 Å². The second-order valence-electron chi connectivity index (χ2n) is 4.07. The minimum atomic E-state index is -0.518. The summed E-state index contributed by atoms with van der Waals surface area (Å²) in [5, 5.41) is 15.8. The highest BCUT2D eigenvalue weighted by Gasteiger charge is 2.26. The molecule has 0 radical (unpaired) electrons. The minimum Gasteiger partial charge on any atom is -0.373 e. The number of nitrogens with one attached hydrogen (secondary N) is 2. The zero-order valence-corrected chi connectivity index (χ0v) is 11.3. The molecule has 2 amide bonds. The molecular weight excluding hydrogens is 318 g/mol. The van der Waals surface area contributed by atoms with Crippen LogP contribution in [0.3, 0.4) is 0 Å². The molecule has 19 heavy (non-hydrogen) atoms. The second kappa shape index (κ2) is 5.35. The molecule has 1 unspecified atom stereocenters. The Hall–Kier alpha value is -1.96. The van der Waals surface area contributed by atoms with Crippen molar-refractivity contribution in [1.29, 1.82) is 0 Å². The van der Waals surface area contributed by atoms with Gasteiger partial charge in [-0.25, -0.2) is 0 Å². The monoisotopic (exact) mass is 327 g/mol. The van der Waals surface area contributed by atoms with Crippen molar-refractivity contribution < 1.29 is 14.5 Å². The van der Waals surface area contributed by atoms with Crippen LogP contribution in [0.25, 0.3) is 0 Å². The van der Waals surface area contributed by atoms with Crippen LogP contribution in [-0.2, 0) is 9.59 Å². The van der Waals surface area contributed by atoms with Crippen molar-refractivity contribution in [3.05, 3.63) is 32.8 Å². The van der Waals surface area contributed by atoms with Crippen LogP contribution in [0, 0.1) is 10.1 Å². The molecule has 0 aliphatic carbocycles. The number of amides is 2. The fraction of sp³-hybridized carbons (Fsp3) is 0.273. The molecule has 8 heteroatoms. The Labute approximate surface area is 116 Å². The summed E-state index contributed by atoms with van der Waals surface area (Å²) in [6, 6.07) is 3.70. The number of non-ortho nitro benzene ring substituents is 1. The SMILES string of the molecule is O=C1CCC(Nc2ccc([N+](=O)[O-])cc2Br)C(=O)N1. The van der Waals surface area contributed by atoms with E-state index in [2.05, 4.69) is 26.6 Å². The van der Waals surface area contributed by atoms with E-state index in [1.165, 1.54) is 18.2 Å². The maximum absolute atomic E-state index is 11.6. The number of hydrogen-bond donors (Lipinski definition) is 2. The topological polar surface area (TPSA) is 101 Å². The van der Waals surface area contributed by atoms with Crippen LogP contribution in [0.15, 0.2) is 22.7 Å². The van der Waals surface area contributed by atoms with Gasteiger partial charge >= 0.3 is 0 Å². The number of carbonyl (C=O) groups excluding carboxylic acids is 2. The molecule has 0 bridgehead atoms. The first-order valence-corrected chi connectivity index (χ1v) is 6.31. The molecule has 1 fully saturated rings. The molecule has 2 N–H and O–H groups in total. The van der Waals surface area contributed by atoms with Crippen LogP contribution < -0.4 is 10.6 Å². The first-order chi connectivity index (χ1) is 8.97. The predicted octanol–water partition coefficient (Wildman–Crippen LogP) is 1.57. The molecule has 1 aliphatic rings. The number of hydrogen-bond acceptors (Lipinski definition) is 5. The van der Waals surface area contributed by atoms with Gasteiger partial charge in [0.15, 0.2) is 0 Å². The largest absolute Gasteiger partial charge is 0.373 e. The van der Waals surface area contributed by atoms with E-state index in [0.717, 1.165) is 0 Å². The lowest BCUT2D eigenvalue weighted by atomic mass is 10.1. The Bertz CT molecular complexity index is 561. The lowest BCUT2D eigenvalue weighted by molar-refractivity contribution is -0.384. The minimum absolute atomic E-state index is 0.0410. The van der Waals surface area contributed by atoms with Gasteiger partial charge in [0.25, 0.3) is 5.69 Å². The summed E-state index contributed by atoms with van der Waals surface area (Å²) in [5.74, 6) is -0.674. The lowest BCUT2D eigenvalue weighted by Crippen LogP contribution is -2.47. The number of nitrogens with zero attached hydrogens (tertiary/aromatic N) is 1. The van der Waals surface area contributed by atoms with Crippen LogP contribution in [0.4, 0.5) is 11.4 Å². The summed E-state index contributed by atoms with van der Waals surface area (Å²) in [6.07, 6.45) is 0.669. The molecule has 0 aromatic heterocycles. The van der Waals surface area contributed by atoms with Gasteiger partial charge in [0.05, 0.1) is 4.92 Å². The van der Waals surface area contributed by atoms with Gasteiger partial charge in [0.2, 0.25) is 11.8 Å². The van der Waals surface area contributed by atoms with Crippen LogP contribution in [0.1, 0.15) is 12.8 Å². The number of nitro groups is 1. The van der Waals surface area contributed by atoms with E-state index in [1.54, 1.807) is 0 Å². The first kappa shape index (κ1) is 13.5. The third-order valence-corrected chi connectivity index (χ3v) is 3.39. The Morgan fingerprint density at radius 3 is 2.74 bits per heavy atom. The normalized spacial score (nSPS) is 18.9. The average molecular weight is 328 g/mol. The van der Waals surface area contributed by atoms with Crippen LogP contribution in [0.5, 0.6) is 0 Å². The molecule has 1 atom stereocenters. The predicted molar refractivity (Wildman–Crippen MR) is 70.6 cm³/mol. The zero-order valence-electron chi connectivity index (χ0n) is 9.68. The van der Waals surface area contributed by atoms with Gasteiger partial charge in [0, 0.05) is 28.7 Å². The van der Waals surface area contributed by atoms with Crippen LogP contribution in [0.2, 0.25) is 0 Å². The Kier molecular flexibility index (Phi) is 3.79. The Morgan fingerprint density at radius 2 is 2.16 bits per heavy atom. The zero-order chi connectivity index (χ0) is 14.0. The van der Waals surface area contributed by atoms with Crippen molar-refractivity contribution in [2.75, 3.05) is 5.32 Å². The van der Waals surface area contributed by atoms with Crippen molar-refractivity contribution in [2.24, 2.45) is 0 Å². The van der Waals surface area contributed by atoms with E-state index in [4.69, 9.17) is 0 Å². The summed E-state index contributed by atoms with van der Waals surface area (Å²) < 4.78 is 0.492. The number of halogens is 1. The Morgan fingerprint density at radius 1 is 1.42 bits per heavy atom. The first-order valence-electron chi connectivity index (χ1n) is 5.51.